The Labute approximate surface area is 137 Å². The van der Waals surface area contributed by atoms with Gasteiger partial charge in [-0.3, -0.25) is 4.79 Å². The molecular weight excluding hydrogens is 346 g/mol. The molecule has 0 fully saturated rings. The molecule has 2 aromatic carbocycles. The second-order valence-corrected chi connectivity index (χ2v) is 5.33. The van der Waals surface area contributed by atoms with Crippen LogP contribution in [0.15, 0.2) is 53.0 Å². The maximum Gasteiger partial charge on any atom is 0.248 e. The molecule has 0 atom stereocenters. The quantitative estimate of drug-likeness (QED) is 0.814. The minimum Gasteiger partial charge on any atom is -0.493 e. The Morgan fingerprint density at radius 1 is 1.14 bits per heavy atom. The lowest BCUT2D eigenvalue weighted by atomic mass is 10.1. The highest BCUT2D eigenvalue weighted by molar-refractivity contribution is 9.10. The smallest absolute Gasteiger partial charge is 0.248 e. The number of amides is 1. The zero-order valence-corrected chi connectivity index (χ0v) is 13.9. The number of carbonyl (C=O) groups excluding carboxylic acids is 1. The van der Waals surface area contributed by atoms with Crippen LogP contribution >= 0.6 is 15.9 Å². The first kappa shape index (κ1) is 16.1. The zero-order chi connectivity index (χ0) is 15.9. The van der Waals surface area contributed by atoms with Crippen LogP contribution < -0.4 is 14.8 Å². The molecule has 0 heterocycles. The fraction of sp³-hybridized carbons (Fsp3) is 0.118. The van der Waals surface area contributed by atoms with E-state index in [9.17, 15) is 4.79 Å². The summed E-state index contributed by atoms with van der Waals surface area (Å²) >= 11 is 3.36. The van der Waals surface area contributed by atoms with Crippen LogP contribution in [0.3, 0.4) is 0 Å². The maximum atomic E-state index is 12.0. The highest BCUT2D eigenvalue weighted by Crippen LogP contribution is 2.31. The SMILES string of the molecule is COc1cccc(/C=C/C(=O)Nc2cccc(Br)c2)c1OC. The van der Waals surface area contributed by atoms with E-state index in [4.69, 9.17) is 9.47 Å². The Morgan fingerprint density at radius 3 is 2.59 bits per heavy atom. The van der Waals surface area contributed by atoms with Crippen LogP contribution in [-0.4, -0.2) is 20.1 Å². The second kappa shape index (κ2) is 7.66. The molecule has 1 N–H and O–H groups in total. The minimum atomic E-state index is -0.219. The van der Waals surface area contributed by atoms with Crippen molar-refractivity contribution in [2.75, 3.05) is 19.5 Å². The number of ether oxygens (including phenoxy) is 2. The van der Waals surface area contributed by atoms with E-state index in [2.05, 4.69) is 21.2 Å². The summed E-state index contributed by atoms with van der Waals surface area (Å²) in [6.07, 6.45) is 3.15. The van der Waals surface area contributed by atoms with Crippen molar-refractivity contribution >= 4 is 33.6 Å². The van der Waals surface area contributed by atoms with Gasteiger partial charge in [0.25, 0.3) is 0 Å². The largest absolute Gasteiger partial charge is 0.493 e. The molecule has 0 aromatic heterocycles. The molecule has 0 saturated heterocycles. The topological polar surface area (TPSA) is 47.6 Å². The number of hydrogen-bond acceptors (Lipinski definition) is 3. The van der Waals surface area contributed by atoms with Crippen LogP contribution in [0.4, 0.5) is 5.69 Å². The summed E-state index contributed by atoms with van der Waals surface area (Å²) in [5.74, 6) is 0.997. The third-order valence-corrected chi connectivity index (χ3v) is 3.43. The summed E-state index contributed by atoms with van der Waals surface area (Å²) in [5, 5.41) is 2.79. The Balaban J connectivity index is 2.13. The molecule has 1 amide bonds. The molecule has 2 aromatic rings. The first-order valence-electron chi connectivity index (χ1n) is 6.59. The number of nitrogens with one attached hydrogen (secondary N) is 1. The monoisotopic (exact) mass is 361 g/mol. The second-order valence-electron chi connectivity index (χ2n) is 4.42. The standard InChI is InChI=1S/C17H16BrNO3/c1-21-15-8-3-5-12(17(15)22-2)9-10-16(20)19-14-7-4-6-13(18)11-14/h3-11H,1-2H3,(H,19,20)/b10-9+. The molecule has 0 aliphatic rings. The Morgan fingerprint density at radius 2 is 1.91 bits per heavy atom. The van der Waals surface area contributed by atoms with E-state index < -0.39 is 0 Å². The van der Waals surface area contributed by atoms with Crippen LogP contribution in [-0.2, 0) is 4.79 Å². The molecule has 0 saturated carbocycles. The number of benzene rings is 2. The molecular formula is C17H16BrNO3. The number of para-hydroxylation sites is 1. The first-order valence-corrected chi connectivity index (χ1v) is 7.39. The van der Waals surface area contributed by atoms with Gasteiger partial charge in [0.15, 0.2) is 11.5 Å². The van der Waals surface area contributed by atoms with Gasteiger partial charge in [0.05, 0.1) is 14.2 Å². The number of methoxy groups -OCH3 is 2. The molecule has 0 aliphatic carbocycles. The van der Waals surface area contributed by atoms with Crippen molar-refractivity contribution in [1.82, 2.24) is 0 Å². The summed E-state index contributed by atoms with van der Waals surface area (Å²) in [7, 11) is 3.14. The van der Waals surface area contributed by atoms with Crippen LogP contribution in [0.1, 0.15) is 5.56 Å². The molecule has 2 rings (SSSR count). The zero-order valence-electron chi connectivity index (χ0n) is 12.3. The minimum absolute atomic E-state index is 0.219. The predicted molar refractivity (Wildman–Crippen MR) is 91.4 cm³/mol. The predicted octanol–water partition coefficient (Wildman–Crippen LogP) is 4.12. The van der Waals surface area contributed by atoms with E-state index in [-0.39, 0.29) is 5.91 Å². The highest BCUT2D eigenvalue weighted by Gasteiger charge is 2.07. The summed E-state index contributed by atoms with van der Waals surface area (Å²) in [5.41, 5.74) is 1.49. The average molecular weight is 362 g/mol. The van der Waals surface area contributed by atoms with Gasteiger partial charge in [0.2, 0.25) is 5.91 Å². The van der Waals surface area contributed by atoms with Gasteiger partial charge >= 0.3 is 0 Å². The summed E-state index contributed by atoms with van der Waals surface area (Å²) in [6, 6.07) is 12.9. The van der Waals surface area contributed by atoms with E-state index in [0.717, 1.165) is 15.7 Å². The van der Waals surface area contributed by atoms with Gasteiger partial charge in [-0.25, -0.2) is 0 Å². The van der Waals surface area contributed by atoms with Crippen molar-refractivity contribution in [2.24, 2.45) is 0 Å². The van der Waals surface area contributed by atoms with Gasteiger partial charge < -0.3 is 14.8 Å². The lowest BCUT2D eigenvalue weighted by Crippen LogP contribution is -2.07. The van der Waals surface area contributed by atoms with Gasteiger partial charge in [0.1, 0.15) is 0 Å². The van der Waals surface area contributed by atoms with Crippen molar-refractivity contribution in [3.8, 4) is 11.5 Å². The molecule has 114 valence electrons. The average Bonchev–Trinajstić information content (AvgIpc) is 2.52. The van der Waals surface area contributed by atoms with Gasteiger partial charge in [-0.05, 0) is 30.3 Å². The van der Waals surface area contributed by atoms with E-state index in [1.807, 2.05) is 36.4 Å². The molecule has 4 nitrogen and oxygen atoms in total. The summed E-state index contributed by atoms with van der Waals surface area (Å²) < 4.78 is 11.5. The number of halogens is 1. The third kappa shape index (κ3) is 4.11. The highest BCUT2D eigenvalue weighted by atomic mass is 79.9. The molecule has 0 radical (unpaired) electrons. The van der Waals surface area contributed by atoms with Crippen molar-refractivity contribution < 1.29 is 14.3 Å². The molecule has 0 unspecified atom stereocenters. The molecule has 0 spiro atoms. The normalized spacial score (nSPS) is 10.5. The van der Waals surface area contributed by atoms with Crippen LogP contribution in [0.25, 0.3) is 6.08 Å². The molecule has 0 bridgehead atoms. The lowest BCUT2D eigenvalue weighted by molar-refractivity contribution is -0.111. The van der Waals surface area contributed by atoms with Crippen molar-refractivity contribution in [3.63, 3.8) is 0 Å². The lowest BCUT2D eigenvalue weighted by Gasteiger charge is -2.09. The first-order chi connectivity index (χ1) is 10.6. The fourth-order valence-corrected chi connectivity index (χ4v) is 2.36. The van der Waals surface area contributed by atoms with E-state index >= 15 is 0 Å². The van der Waals surface area contributed by atoms with Crippen molar-refractivity contribution in [1.29, 1.82) is 0 Å². The van der Waals surface area contributed by atoms with Crippen LogP contribution in [0, 0.1) is 0 Å². The molecule has 0 aliphatic heterocycles. The van der Waals surface area contributed by atoms with E-state index in [1.165, 1.54) is 6.08 Å². The Bertz CT molecular complexity index is 698. The summed E-state index contributed by atoms with van der Waals surface area (Å²) in [6.45, 7) is 0. The van der Waals surface area contributed by atoms with Crippen LogP contribution in [0.5, 0.6) is 11.5 Å². The number of rotatable bonds is 5. The molecule has 22 heavy (non-hydrogen) atoms. The molecule has 5 heteroatoms. The van der Waals surface area contributed by atoms with Gasteiger partial charge in [-0.1, -0.05) is 34.1 Å². The number of anilines is 1. The van der Waals surface area contributed by atoms with E-state index in [0.29, 0.717) is 11.5 Å². The van der Waals surface area contributed by atoms with Gasteiger partial charge in [-0.15, -0.1) is 0 Å². The van der Waals surface area contributed by atoms with Crippen molar-refractivity contribution in [2.45, 2.75) is 0 Å². The fourth-order valence-electron chi connectivity index (χ4n) is 1.96. The van der Waals surface area contributed by atoms with Gasteiger partial charge in [-0.2, -0.15) is 0 Å². The van der Waals surface area contributed by atoms with E-state index in [1.54, 1.807) is 26.4 Å². The van der Waals surface area contributed by atoms with Gasteiger partial charge in [0, 0.05) is 21.8 Å². The van der Waals surface area contributed by atoms with Crippen molar-refractivity contribution in [3.05, 3.63) is 58.6 Å². The third-order valence-electron chi connectivity index (χ3n) is 2.94. The van der Waals surface area contributed by atoms with Crippen LogP contribution in [0.2, 0.25) is 0 Å². The Kier molecular flexibility index (Phi) is 5.61. The summed E-state index contributed by atoms with van der Waals surface area (Å²) in [4.78, 5) is 12.0. The Hall–Kier alpha value is -2.27. The number of hydrogen-bond donors (Lipinski definition) is 1. The number of carbonyl (C=O) groups is 1. The maximum absolute atomic E-state index is 12.0.